The normalized spacial score (nSPS) is 12.6. The molecule has 0 aliphatic heterocycles. The summed E-state index contributed by atoms with van der Waals surface area (Å²) in [6, 6.07) is 5.76. The van der Waals surface area contributed by atoms with E-state index in [1.807, 2.05) is 18.2 Å². The number of hydrogen-bond donors (Lipinski definition) is 2. The number of rotatable bonds is 6. The molecule has 4 nitrogen and oxygen atoms in total. The average molecular weight is 348 g/mol. The molecule has 0 atom stereocenters. The van der Waals surface area contributed by atoms with Crippen molar-refractivity contribution in [2.24, 2.45) is 0 Å². The second-order valence-corrected chi connectivity index (χ2v) is 12.9. The number of carboxylic acids is 1. The van der Waals surface area contributed by atoms with Gasteiger partial charge in [-0.25, -0.2) is 4.79 Å². The van der Waals surface area contributed by atoms with E-state index >= 15 is 0 Å². The van der Waals surface area contributed by atoms with Gasteiger partial charge in [0.15, 0.2) is 0 Å². The molecule has 0 aliphatic carbocycles. The van der Waals surface area contributed by atoms with Gasteiger partial charge in [-0.15, -0.1) is 0 Å². The number of hydrogen-bond acceptors (Lipinski definition) is 2. The summed E-state index contributed by atoms with van der Waals surface area (Å²) >= 11 is 0. The van der Waals surface area contributed by atoms with Gasteiger partial charge in [0.1, 0.15) is 5.75 Å². The Bertz CT molecular complexity index is 725. The molecule has 0 spiro atoms. The highest BCUT2D eigenvalue weighted by Gasteiger charge is 2.47. The first kappa shape index (κ1) is 18.6. The van der Waals surface area contributed by atoms with Crippen molar-refractivity contribution in [1.29, 1.82) is 0 Å². The Morgan fingerprint density at radius 1 is 1.08 bits per heavy atom. The van der Waals surface area contributed by atoms with Crippen LogP contribution in [-0.2, 0) is 0 Å². The molecule has 1 aromatic heterocycles. The maximum Gasteiger partial charge on any atom is 0.338 e. The minimum absolute atomic E-state index is 0.335. The summed E-state index contributed by atoms with van der Waals surface area (Å²) < 4.78 is 6.67. The second kappa shape index (κ2) is 6.63. The van der Waals surface area contributed by atoms with Crippen LogP contribution in [0.1, 0.15) is 57.6 Å². The fraction of sp³-hybridized carbons (Fsp3) is 0.526. The minimum atomic E-state index is -2.05. The SMILES string of the molecule is Cc1[nH]c2ccc(O[Si](C(C)C)(C(C)C)C(C)C)cc2c1C(=O)O. The van der Waals surface area contributed by atoms with Crippen molar-refractivity contribution in [3.63, 3.8) is 0 Å². The Morgan fingerprint density at radius 3 is 2.08 bits per heavy atom. The van der Waals surface area contributed by atoms with Gasteiger partial charge in [-0.3, -0.25) is 0 Å². The first-order valence-electron chi connectivity index (χ1n) is 8.65. The van der Waals surface area contributed by atoms with Gasteiger partial charge < -0.3 is 14.5 Å². The number of aryl methyl sites for hydroxylation is 1. The first-order valence-corrected chi connectivity index (χ1v) is 10.8. The van der Waals surface area contributed by atoms with Crippen molar-refractivity contribution in [1.82, 2.24) is 4.98 Å². The Balaban J connectivity index is 2.56. The third kappa shape index (κ3) is 2.97. The van der Waals surface area contributed by atoms with E-state index in [2.05, 4.69) is 46.5 Å². The van der Waals surface area contributed by atoms with Crippen molar-refractivity contribution >= 4 is 25.2 Å². The summed E-state index contributed by atoms with van der Waals surface area (Å²) in [4.78, 5) is 14.7. The van der Waals surface area contributed by atoms with Gasteiger partial charge in [0.2, 0.25) is 0 Å². The molecule has 1 aromatic carbocycles. The maximum atomic E-state index is 11.6. The van der Waals surface area contributed by atoms with E-state index in [9.17, 15) is 9.90 Å². The van der Waals surface area contributed by atoms with Crippen molar-refractivity contribution in [3.05, 3.63) is 29.5 Å². The van der Waals surface area contributed by atoms with E-state index < -0.39 is 14.3 Å². The maximum absolute atomic E-state index is 11.6. The molecule has 0 bridgehead atoms. The lowest BCUT2D eigenvalue weighted by atomic mass is 10.1. The van der Waals surface area contributed by atoms with Crippen LogP contribution in [-0.4, -0.2) is 24.4 Å². The highest BCUT2D eigenvalue weighted by molar-refractivity contribution is 6.78. The number of aromatic amines is 1. The smallest absolute Gasteiger partial charge is 0.338 e. The standard InChI is InChI=1S/C19H29NO3Si/c1-11(2)24(12(3)4,13(5)6)23-15-8-9-17-16(10-15)18(19(21)22)14(7)20-17/h8-13,20H,1-7H3,(H,21,22). The Labute approximate surface area is 145 Å². The van der Waals surface area contributed by atoms with E-state index in [0.29, 0.717) is 27.9 Å². The lowest BCUT2D eigenvalue weighted by Gasteiger charge is -2.42. The van der Waals surface area contributed by atoms with Crippen LogP contribution in [0.25, 0.3) is 10.9 Å². The minimum Gasteiger partial charge on any atom is -0.543 e. The van der Waals surface area contributed by atoms with Crippen LogP contribution in [0.4, 0.5) is 0 Å². The molecule has 0 fully saturated rings. The average Bonchev–Trinajstić information content (AvgIpc) is 2.78. The Kier molecular flexibility index (Phi) is 5.13. The predicted octanol–water partition coefficient (Wildman–Crippen LogP) is 5.73. The molecular formula is C19H29NO3Si. The summed E-state index contributed by atoms with van der Waals surface area (Å²) in [6.07, 6.45) is 0. The number of aromatic nitrogens is 1. The summed E-state index contributed by atoms with van der Waals surface area (Å²) in [5, 5.41) is 10.2. The third-order valence-electron chi connectivity index (χ3n) is 5.17. The molecule has 0 saturated carbocycles. The molecule has 2 aromatic rings. The zero-order chi connectivity index (χ0) is 18.2. The molecule has 2 N–H and O–H groups in total. The molecule has 132 valence electrons. The second-order valence-electron chi connectivity index (χ2n) is 7.56. The lowest BCUT2D eigenvalue weighted by molar-refractivity contribution is 0.0698. The van der Waals surface area contributed by atoms with Crippen LogP contribution >= 0.6 is 0 Å². The third-order valence-corrected chi connectivity index (χ3v) is 11.2. The van der Waals surface area contributed by atoms with E-state index in [0.717, 1.165) is 16.7 Å². The van der Waals surface area contributed by atoms with E-state index in [-0.39, 0.29) is 0 Å². The van der Waals surface area contributed by atoms with E-state index in [4.69, 9.17) is 4.43 Å². The summed E-state index contributed by atoms with van der Waals surface area (Å²) in [7, 11) is -2.05. The van der Waals surface area contributed by atoms with Gasteiger partial charge in [0.25, 0.3) is 8.32 Å². The highest BCUT2D eigenvalue weighted by Crippen LogP contribution is 2.43. The molecule has 0 unspecified atom stereocenters. The van der Waals surface area contributed by atoms with Gasteiger partial charge in [-0.1, -0.05) is 41.5 Å². The van der Waals surface area contributed by atoms with Crippen LogP contribution < -0.4 is 4.43 Å². The molecule has 24 heavy (non-hydrogen) atoms. The van der Waals surface area contributed by atoms with Gasteiger partial charge in [0, 0.05) is 16.6 Å². The van der Waals surface area contributed by atoms with Crippen molar-refractivity contribution in [2.75, 3.05) is 0 Å². The summed E-state index contributed by atoms with van der Waals surface area (Å²) in [5.74, 6) is -0.122. The molecule has 1 heterocycles. The molecule has 0 saturated heterocycles. The van der Waals surface area contributed by atoms with Crippen LogP contribution in [0.2, 0.25) is 16.6 Å². The van der Waals surface area contributed by atoms with Crippen molar-refractivity contribution in [2.45, 2.75) is 65.1 Å². The quantitative estimate of drug-likeness (QED) is 0.656. The van der Waals surface area contributed by atoms with Crippen LogP contribution in [0.5, 0.6) is 5.75 Å². The van der Waals surface area contributed by atoms with Crippen LogP contribution in [0, 0.1) is 6.92 Å². The predicted molar refractivity (Wildman–Crippen MR) is 102 cm³/mol. The van der Waals surface area contributed by atoms with Crippen molar-refractivity contribution < 1.29 is 14.3 Å². The summed E-state index contributed by atoms with van der Waals surface area (Å²) in [6.45, 7) is 15.3. The number of benzene rings is 1. The number of fused-ring (bicyclic) bond motifs is 1. The molecule has 0 aliphatic rings. The van der Waals surface area contributed by atoms with Gasteiger partial charge >= 0.3 is 5.97 Å². The van der Waals surface area contributed by atoms with Crippen LogP contribution in [0.15, 0.2) is 18.2 Å². The van der Waals surface area contributed by atoms with Gasteiger partial charge in [0.05, 0.1) is 5.56 Å². The van der Waals surface area contributed by atoms with Crippen LogP contribution in [0.3, 0.4) is 0 Å². The molecule has 0 amide bonds. The Morgan fingerprint density at radius 2 is 1.62 bits per heavy atom. The summed E-state index contributed by atoms with van der Waals surface area (Å²) in [5.41, 5.74) is 3.26. The monoisotopic (exact) mass is 347 g/mol. The zero-order valence-corrected chi connectivity index (χ0v) is 16.7. The number of aromatic carboxylic acids is 1. The fourth-order valence-electron chi connectivity index (χ4n) is 4.20. The lowest BCUT2D eigenvalue weighted by Crippen LogP contribution is -2.50. The van der Waals surface area contributed by atoms with Gasteiger partial charge in [-0.2, -0.15) is 0 Å². The molecule has 0 radical (unpaired) electrons. The fourth-order valence-corrected chi connectivity index (χ4v) is 9.44. The largest absolute Gasteiger partial charge is 0.543 e. The number of carbonyl (C=O) groups is 1. The van der Waals surface area contributed by atoms with E-state index in [1.165, 1.54) is 0 Å². The number of nitrogens with one attached hydrogen (secondary N) is 1. The Hall–Kier alpha value is -1.75. The topological polar surface area (TPSA) is 62.3 Å². The molecule has 2 rings (SSSR count). The number of H-pyrrole nitrogens is 1. The molecule has 5 heteroatoms. The van der Waals surface area contributed by atoms with Crippen molar-refractivity contribution in [3.8, 4) is 5.75 Å². The first-order chi connectivity index (χ1) is 11.1. The van der Waals surface area contributed by atoms with E-state index in [1.54, 1.807) is 6.92 Å². The molecular weight excluding hydrogens is 318 g/mol. The zero-order valence-electron chi connectivity index (χ0n) is 15.7. The number of carboxylic acid groups (broad SMARTS) is 1. The highest BCUT2D eigenvalue weighted by atomic mass is 28.4. The van der Waals surface area contributed by atoms with Gasteiger partial charge in [-0.05, 0) is 41.7 Å².